The Hall–Kier alpha value is -2.93. The van der Waals surface area contributed by atoms with Gasteiger partial charge in [-0.1, -0.05) is 60.7 Å². The van der Waals surface area contributed by atoms with Crippen molar-refractivity contribution in [3.8, 4) is 11.4 Å². The highest BCUT2D eigenvalue weighted by molar-refractivity contribution is 7.98. The molecule has 0 aliphatic heterocycles. The molecule has 0 aliphatic rings. The molecule has 6 nitrogen and oxygen atoms in total. The Kier molecular flexibility index (Phi) is 4.79. The maximum atomic E-state index is 4.59. The summed E-state index contributed by atoms with van der Waals surface area (Å²) in [5, 5.41) is 18.1. The molecule has 7 heteroatoms. The first-order valence-corrected chi connectivity index (χ1v) is 9.29. The van der Waals surface area contributed by atoms with Crippen molar-refractivity contribution in [2.24, 2.45) is 7.05 Å². The molecule has 0 radical (unpaired) electrons. The highest BCUT2D eigenvalue weighted by atomic mass is 32.2. The fourth-order valence-corrected chi connectivity index (χ4v) is 3.72. The fourth-order valence-electron chi connectivity index (χ4n) is 2.67. The standard InChI is InChI=1S/C19H18N6S/c1-24-22-18(21-23-24)17-12-20-25(13-15-8-4-2-5-9-15)19(17)26-14-16-10-6-3-7-11-16/h2-12H,13-14H2,1H3. The Morgan fingerprint density at radius 3 is 2.27 bits per heavy atom. The summed E-state index contributed by atoms with van der Waals surface area (Å²) in [5.74, 6) is 1.46. The van der Waals surface area contributed by atoms with E-state index in [1.54, 1.807) is 18.8 Å². The summed E-state index contributed by atoms with van der Waals surface area (Å²) in [6, 6.07) is 20.7. The zero-order valence-electron chi connectivity index (χ0n) is 14.4. The van der Waals surface area contributed by atoms with Crippen molar-refractivity contribution in [2.45, 2.75) is 17.3 Å². The van der Waals surface area contributed by atoms with Crippen molar-refractivity contribution in [3.05, 3.63) is 78.0 Å². The zero-order valence-corrected chi connectivity index (χ0v) is 15.2. The van der Waals surface area contributed by atoms with Crippen LogP contribution in [0, 0.1) is 0 Å². The maximum Gasteiger partial charge on any atom is 0.209 e. The molecule has 4 rings (SSSR count). The molecule has 26 heavy (non-hydrogen) atoms. The highest BCUT2D eigenvalue weighted by Gasteiger charge is 2.17. The van der Waals surface area contributed by atoms with Crippen molar-refractivity contribution in [2.75, 3.05) is 0 Å². The molecule has 0 saturated heterocycles. The van der Waals surface area contributed by atoms with Crippen LogP contribution in [0.25, 0.3) is 11.4 Å². The van der Waals surface area contributed by atoms with Gasteiger partial charge in [0, 0.05) is 5.75 Å². The molecule has 0 aliphatic carbocycles. The van der Waals surface area contributed by atoms with Gasteiger partial charge in [-0.2, -0.15) is 9.90 Å². The van der Waals surface area contributed by atoms with E-state index in [1.807, 2.05) is 35.1 Å². The SMILES string of the molecule is Cn1nnc(-c2cnn(Cc3ccccc3)c2SCc2ccccc2)n1. The second-order valence-corrected chi connectivity index (χ2v) is 6.85. The molecular formula is C19H18N6S. The van der Waals surface area contributed by atoms with E-state index in [1.165, 1.54) is 15.9 Å². The number of hydrogen-bond acceptors (Lipinski definition) is 5. The van der Waals surface area contributed by atoms with E-state index >= 15 is 0 Å². The highest BCUT2D eigenvalue weighted by Crippen LogP contribution is 2.32. The van der Waals surface area contributed by atoms with E-state index in [2.05, 4.69) is 56.9 Å². The lowest BCUT2D eigenvalue weighted by Gasteiger charge is -2.09. The number of thioether (sulfide) groups is 1. The van der Waals surface area contributed by atoms with Crippen LogP contribution in [-0.2, 0) is 19.3 Å². The average molecular weight is 362 g/mol. The van der Waals surface area contributed by atoms with Gasteiger partial charge < -0.3 is 0 Å². The van der Waals surface area contributed by atoms with Crippen LogP contribution >= 0.6 is 11.8 Å². The molecule has 0 saturated carbocycles. The molecule has 4 aromatic rings. The normalized spacial score (nSPS) is 11.0. The third-order valence-corrected chi connectivity index (χ3v) is 5.12. The minimum absolute atomic E-state index is 0.599. The molecule has 2 aromatic carbocycles. The lowest BCUT2D eigenvalue weighted by Crippen LogP contribution is -2.03. The molecule has 2 heterocycles. The third kappa shape index (κ3) is 3.67. The number of aromatic nitrogens is 6. The first-order chi connectivity index (χ1) is 12.8. The topological polar surface area (TPSA) is 61.4 Å². The number of nitrogens with zero attached hydrogens (tertiary/aromatic N) is 6. The summed E-state index contributed by atoms with van der Waals surface area (Å²) < 4.78 is 2.01. The summed E-state index contributed by atoms with van der Waals surface area (Å²) in [4.78, 5) is 1.47. The minimum atomic E-state index is 0.599. The number of hydrogen-bond donors (Lipinski definition) is 0. The van der Waals surface area contributed by atoms with Gasteiger partial charge in [-0.3, -0.25) is 4.68 Å². The molecule has 0 amide bonds. The van der Waals surface area contributed by atoms with Gasteiger partial charge >= 0.3 is 0 Å². The van der Waals surface area contributed by atoms with Crippen molar-refractivity contribution in [1.82, 2.24) is 30.0 Å². The molecule has 0 atom stereocenters. The second kappa shape index (κ2) is 7.53. The van der Waals surface area contributed by atoms with Crippen LogP contribution in [0.2, 0.25) is 0 Å². The quantitative estimate of drug-likeness (QED) is 0.492. The molecule has 0 fully saturated rings. The predicted molar refractivity (Wildman–Crippen MR) is 102 cm³/mol. The summed E-state index contributed by atoms with van der Waals surface area (Å²) in [7, 11) is 1.77. The number of benzene rings is 2. The Morgan fingerprint density at radius 2 is 1.62 bits per heavy atom. The van der Waals surface area contributed by atoms with Crippen LogP contribution < -0.4 is 0 Å². The van der Waals surface area contributed by atoms with Gasteiger partial charge in [0.2, 0.25) is 5.82 Å². The summed E-state index contributed by atoms with van der Waals surface area (Å²) >= 11 is 1.74. The average Bonchev–Trinajstić information content (AvgIpc) is 3.28. The molecule has 0 spiro atoms. The molecular weight excluding hydrogens is 344 g/mol. The molecule has 0 bridgehead atoms. The van der Waals surface area contributed by atoms with Crippen LogP contribution in [-0.4, -0.2) is 30.0 Å². The first kappa shape index (κ1) is 16.5. The maximum absolute atomic E-state index is 4.59. The van der Waals surface area contributed by atoms with Gasteiger partial charge in [-0.15, -0.1) is 22.0 Å². The first-order valence-electron chi connectivity index (χ1n) is 8.30. The van der Waals surface area contributed by atoms with Crippen molar-refractivity contribution in [1.29, 1.82) is 0 Å². The molecule has 130 valence electrons. The van der Waals surface area contributed by atoms with E-state index in [9.17, 15) is 0 Å². The van der Waals surface area contributed by atoms with E-state index in [0.717, 1.165) is 16.3 Å². The predicted octanol–water partition coefficient (Wildman–Crippen LogP) is 3.41. The Balaban J connectivity index is 1.66. The number of tetrazole rings is 1. The Morgan fingerprint density at radius 1 is 0.923 bits per heavy atom. The fraction of sp³-hybridized carbons (Fsp3) is 0.158. The second-order valence-electron chi connectivity index (χ2n) is 5.88. The van der Waals surface area contributed by atoms with Crippen LogP contribution in [0.1, 0.15) is 11.1 Å². The molecule has 2 aromatic heterocycles. The van der Waals surface area contributed by atoms with Crippen molar-refractivity contribution >= 4 is 11.8 Å². The summed E-state index contributed by atoms with van der Waals surface area (Å²) in [5.41, 5.74) is 3.38. The van der Waals surface area contributed by atoms with Gasteiger partial charge in [-0.05, 0) is 16.3 Å². The van der Waals surface area contributed by atoms with Crippen LogP contribution in [0.3, 0.4) is 0 Å². The van der Waals surface area contributed by atoms with Crippen LogP contribution in [0.4, 0.5) is 0 Å². The Bertz CT molecular complexity index is 978. The molecule has 0 N–H and O–H groups in total. The van der Waals surface area contributed by atoms with Crippen molar-refractivity contribution in [3.63, 3.8) is 0 Å². The smallest absolute Gasteiger partial charge is 0.209 e. The van der Waals surface area contributed by atoms with Gasteiger partial charge in [-0.25, -0.2) is 0 Å². The minimum Gasteiger partial charge on any atom is -0.254 e. The Labute approximate surface area is 155 Å². The largest absolute Gasteiger partial charge is 0.254 e. The number of aryl methyl sites for hydroxylation is 1. The summed E-state index contributed by atoms with van der Waals surface area (Å²) in [6.45, 7) is 0.707. The van der Waals surface area contributed by atoms with Crippen LogP contribution in [0.15, 0.2) is 71.9 Å². The van der Waals surface area contributed by atoms with Crippen LogP contribution in [0.5, 0.6) is 0 Å². The lowest BCUT2D eigenvalue weighted by molar-refractivity contribution is 0.627. The monoisotopic (exact) mass is 362 g/mol. The lowest BCUT2D eigenvalue weighted by atomic mass is 10.2. The van der Waals surface area contributed by atoms with Gasteiger partial charge in [0.25, 0.3) is 0 Å². The number of rotatable bonds is 6. The van der Waals surface area contributed by atoms with Gasteiger partial charge in [0.15, 0.2) is 0 Å². The summed E-state index contributed by atoms with van der Waals surface area (Å²) in [6.07, 6.45) is 1.83. The van der Waals surface area contributed by atoms with Gasteiger partial charge in [0.1, 0.15) is 5.03 Å². The van der Waals surface area contributed by atoms with E-state index in [4.69, 9.17) is 0 Å². The van der Waals surface area contributed by atoms with Crippen molar-refractivity contribution < 1.29 is 0 Å². The zero-order chi connectivity index (χ0) is 17.8. The van der Waals surface area contributed by atoms with E-state index in [0.29, 0.717) is 12.4 Å². The van der Waals surface area contributed by atoms with Gasteiger partial charge in [0.05, 0.1) is 25.4 Å². The molecule has 0 unspecified atom stereocenters. The van der Waals surface area contributed by atoms with E-state index in [-0.39, 0.29) is 0 Å². The third-order valence-electron chi connectivity index (χ3n) is 3.93. The van der Waals surface area contributed by atoms with E-state index < -0.39 is 0 Å².